The zero-order valence-electron chi connectivity index (χ0n) is 24.0. The maximum Gasteiger partial charge on any atom is 0.508 e. The highest BCUT2D eigenvalue weighted by Crippen LogP contribution is 2.22. The Morgan fingerprint density at radius 2 is 1.45 bits per heavy atom. The van der Waals surface area contributed by atoms with Crippen molar-refractivity contribution in [2.75, 3.05) is 13.2 Å². The van der Waals surface area contributed by atoms with Gasteiger partial charge in [0.25, 0.3) is 0 Å². The van der Waals surface area contributed by atoms with Crippen molar-refractivity contribution < 1.29 is 38.5 Å². The number of hydrogen-bond acceptors (Lipinski definition) is 7. The molecule has 0 fully saturated rings. The Balaban J connectivity index is 2.00. The Labute approximate surface area is 236 Å². The van der Waals surface area contributed by atoms with Gasteiger partial charge < -0.3 is 24.6 Å². The lowest BCUT2D eigenvalue weighted by atomic mass is 9.94. The number of amides is 1. The molecule has 2 atom stereocenters. The van der Waals surface area contributed by atoms with Crippen LogP contribution in [0.25, 0.3) is 11.1 Å². The number of esters is 1. The Hall–Kier alpha value is -3.88. The SMILES string of the molecule is CC(C)OC(=O)OCC(C)(C)COC(=O)[C@H](C)C[C@@H](Cc1ccc(-c2ccccc2)cc1)NC(=O)CCC(=O)O. The average Bonchev–Trinajstić information content (AvgIpc) is 2.90. The molecule has 1 amide bonds. The number of nitrogens with one attached hydrogen (secondary N) is 1. The monoisotopic (exact) mass is 555 g/mol. The molecule has 0 aliphatic carbocycles. The zero-order valence-corrected chi connectivity index (χ0v) is 24.0. The van der Waals surface area contributed by atoms with Crippen molar-refractivity contribution in [2.45, 2.75) is 72.4 Å². The summed E-state index contributed by atoms with van der Waals surface area (Å²) in [5.74, 6) is -2.43. The number of rotatable bonds is 15. The first-order chi connectivity index (χ1) is 18.8. The topological polar surface area (TPSA) is 128 Å². The fourth-order valence-electron chi connectivity index (χ4n) is 3.92. The molecule has 2 aromatic rings. The second-order valence-corrected chi connectivity index (χ2v) is 11.0. The van der Waals surface area contributed by atoms with Crippen LogP contribution in [-0.2, 0) is 35.0 Å². The van der Waals surface area contributed by atoms with Crippen molar-refractivity contribution in [1.82, 2.24) is 5.32 Å². The number of hydrogen-bond donors (Lipinski definition) is 2. The van der Waals surface area contributed by atoms with Gasteiger partial charge in [0.1, 0.15) is 6.61 Å². The largest absolute Gasteiger partial charge is 0.508 e. The molecule has 0 aliphatic heterocycles. The van der Waals surface area contributed by atoms with Gasteiger partial charge in [-0.15, -0.1) is 0 Å². The summed E-state index contributed by atoms with van der Waals surface area (Å²) in [6.07, 6.45) is -0.734. The third-order valence-corrected chi connectivity index (χ3v) is 6.03. The van der Waals surface area contributed by atoms with Crippen LogP contribution in [0.5, 0.6) is 0 Å². The highest BCUT2D eigenvalue weighted by Gasteiger charge is 2.27. The van der Waals surface area contributed by atoms with E-state index >= 15 is 0 Å². The summed E-state index contributed by atoms with van der Waals surface area (Å²) < 4.78 is 15.6. The van der Waals surface area contributed by atoms with Crippen LogP contribution in [0.15, 0.2) is 54.6 Å². The van der Waals surface area contributed by atoms with Crippen molar-refractivity contribution in [3.8, 4) is 11.1 Å². The van der Waals surface area contributed by atoms with Gasteiger partial charge in [-0.25, -0.2) is 4.79 Å². The number of carboxylic acid groups (broad SMARTS) is 1. The van der Waals surface area contributed by atoms with E-state index in [1.54, 1.807) is 34.6 Å². The van der Waals surface area contributed by atoms with E-state index < -0.39 is 35.5 Å². The number of carboxylic acids is 1. The van der Waals surface area contributed by atoms with Gasteiger partial charge in [-0.3, -0.25) is 14.4 Å². The zero-order chi connectivity index (χ0) is 29.7. The predicted octanol–water partition coefficient (Wildman–Crippen LogP) is 5.40. The van der Waals surface area contributed by atoms with E-state index in [2.05, 4.69) is 5.32 Å². The summed E-state index contributed by atoms with van der Waals surface area (Å²) in [5.41, 5.74) is 2.49. The molecule has 0 saturated carbocycles. The van der Waals surface area contributed by atoms with Gasteiger partial charge in [0, 0.05) is 17.9 Å². The quantitative estimate of drug-likeness (QED) is 0.280. The van der Waals surface area contributed by atoms with Gasteiger partial charge >= 0.3 is 18.1 Å². The van der Waals surface area contributed by atoms with Crippen LogP contribution in [0.2, 0.25) is 0 Å². The number of carbonyl (C=O) groups is 4. The minimum absolute atomic E-state index is 0.0153. The second kappa shape index (κ2) is 15.6. The Kier molecular flexibility index (Phi) is 12.6. The molecule has 0 aromatic heterocycles. The maximum absolute atomic E-state index is 12.8. The summed E-state index contributed by atoms with van der Waals surface area (Å²) in [5, 5.41) is 11.8. The molecule has 2 N–H and O–H groups in total. The van der Waals surface area contributed by atoms with Crippen LogP contribution < -0.4 is 5.32 Å². The molecule has 0 radical (unpaired) electrons. The molecule has 2 aromatic carbocycles. The predicted molar refractivity (Wildman–Crippen MR) is 150 cm³/mol. The lowest BCUT2D eigenvalue weighted by Gasteiger charge is -2.26. The van der Waals surface area contributed by atoms with E-state index in [1.807, 2.05) is 54.6 Å². The van der Waals surface area contributed by atoms with Crippen LogP contribution >= 0.6 is 0 Å². The number of aliphatic carboxylic acids is 1. The molecule has 0 heterocycles. The highest BCUT2D eigenvalue weighted by atomic mass is 16.7. The van der Waals surface area contributed by atoms with E-state index in [0.29, 0.717) is 12.8 Å². The van der Waals surface area contributed by atoms with E-state index in [9.17, 15) is 19.2 Å². The normalized spacial score (nSPS) is 12.8. The minimum Gasteiger partial charge on any atom is -0.481 e. The van der Waals surface area contributed by atoms with Crippen molar-refractivity contribution in [1.29, 1.82) is 0 Å². The molecule has 2 rings (SSSR count). The Morgan fingerprint density at radius 1 is 0.850 bits per heavy atom. The van der Waals surface area contributed by atoms with Crippen LogP contribution in [0.4, 0.5) is 4.79 Å². The summed E-state index contributed by atoms with van der Waals surface area (Å²) >= 11 is 0. The Morgan fingerprint density at radius 3 is 2.05 bits per heavy atom. The molecule has 9 heteroatoms. The first kappa shape index (κ1) is 32.3. The lowest BCUT2D eigenvalue weighted by molar-refractivity contribution is -0.152. The summed E-state index contributed by atoms with van der Waals surface area (Å²) in [7, 11) is 0. The average molecular weight is 556 g/mol. The van der Waals surface area contributed by atoms with Crippen LogP contribution in [-0.4, -0.2) is 54.5 Å². The number of benzene rings is 2. The fraction of sp³-hybridized carbons (Fsp3) is 0.484. The molecule has 0 aliphatic rings. The molecule has 40 heavy (non-hydrogen) atoms. The summed E-state index contributed by atoms with van der Waals surface area (Å²) in [4.78, 5) is 47.8. The van der Waals surface area contributed by atoms with E-state index in [0.717, 1.165) is 16.7 Å². The minimum atomic E-state index is -1.05. The van der Waals surface area contributed by atoms with Crippen LogP contribution in [0.1, 0.15) is 59.4 Å². The first-order valence-corrected chi connectivity index (χ1v) is 13.5. The molecule has 218 valence electrons. The lowest BCUT2D eigenvalue weighted by Crippen LogP contribution is -2.39. The third-order valence-electron chi connectivity index (χ3n) is 6.03. The van der Waals surface area contributed by atoms with Crippen molar-refractivity contribution in [2.24, 2.45) is 11.3 Å². The molecule has 9 nitrogen and oxygen atoms in total. The maximum atomic E-state index is 12.8. The van der Waals surface area contributed by atoms with Gasteiger partial charge in [0.2, 0.25) is 5.91 Å². The number of ether oxygens (including phenoxy) is 3. The molecular formula is C31H41NO8. The third kappa shape index (κ3) is 12.3. The molecule has 0 unspecified atom stereocenters. The molecule has 0 spiro atoms. The van der Waals surface area contributed by atoms with Gasteiger partial charge in [0.05, 0.1) is 25.0 Å². The van der Waals surface area contributed by atoms with Gasteiger partial charge in [-0.05, 0) is 43.4 Å². The van der Waals surface area contributed by atoms with Crippen molar-refractivity contribution in [3.05, 3.63) is 60.2 Å². The van der Waals surface area contributed by atoms with Gasteiger partial charge in [-0.2, -0.15) is 0 Å². The van der Waals surface area contributed by atoms with Gasteiger partial charge in [-0.1, -0.05) is 75.4 Å². The van der Waals surface area contributed by atoms with Crippen LogP contribution in [0, 0.1) is 11.3 Å². The second-order valence-electron chi connectivity index (χ2n) is 11.0. The Bertz CT molecular complexity index is 1110. The van der Waals surface area contributed by atoms with Crippen LogP contribution in [0.3, 0.4) is 0 Å². The van der Waals surface area contributed by atoms with E-state index in [-0.39, 0.29) is 38.1 Å². The van der Waals surface area contributed by atoms with Crippen molar-refractivity contribution >= 4 is 24.0 Å². The molecule has 0 bridgehead atoms. The fourth-order valence-corrected chi connectivity index (χ4v) is 3.92. The smallest absolute Gasteiger partial charge is 0.481 e. The number of carbonyl (C=O) groups excluding carboxylic acids is 3. The standard InChI is InChI=1S/C31H41NO8/c1-21(2)40-30(37)39-20-31(4,5)19-38-29(36)22(3)17-26(32-27(33)15-16-28(34)35)18-23-11-13-25(14-12-23)24-9-7-6-8-10-24/h6-14,21-22,26H,15-20H2,1-5H3,(H,32,33)(H,34,35)/t22-,26+/m1/s1. The molecule has 0 saturated heterocycles. The van der Waals surface area contributed by atoms with E-state index in [1.165, 1.54) is 0 Å². The van der Waals surface area contributed by atoms with Crippen molar-refractivity contribution in [3.63, 3.8) is 0 Å². The first-order valence-electron chi connectivity index (χ1n) is 13.5. The molecular weight excluding hydrogens is 514 g/mol. The summed E-state index contributed by atoms with van der Waals surface area (Å²) in [6.45, 7) is 8.81. The van der Waals surface area contributed by atoms with Gasteiger partial charge in [0.15, 0.2) is 0 Å². The summed E-state index contributed by atoms with van der Waals surface area (Å²) in [6, 6.07) is 17.5. The van der Waals surface area contributed by atoms with E-state index in [4.69, 9.17) is 19.3 Å². The highest BCUT2D eigenvalue weighted by molar-refractivity contribution is 5.81.